The number of ether oxygens (including phenoxy) is 1. The molecule has 7 heteroatoms. The lowest BCUT2D eigenvalue weighted by Crippen LogP contribution is -2.67. The summed E-state index contributed by atoms with van der Waals surface area (Å²) in [5, 5.41) is 12.6. The Morgan fingerprint density at radius 2 is 1.94 bits per heavy atom. The van der Waals surface area contributed by atoms with Crippen LogP contribution in [0, 0.1) is 5.92 Å². The number of benzene rings is 2. The van der Waals surface area contributed by atoms with E-state index in [4.69, 9.17) is 16.3 Å². The predicted octanol–water partition coefficient (Wildman–Crippen LogP) is 4.27. The summed E-state index contributed by atoms with van der Waals surface area (Å²) in [5.41, 5.74) is 4.38. The number of aliphatic hydroxyl groups excluding tert-OH is 1. The second kappa shape index (κ2) is 8.54. The number of carbonyl (C=O) groups excluding carboxylic acids is 1. The summed E-state index contributed by atoms with van der Waals surface area (Å²) in [6.45, 7) is 2.86. The Kier molecular flexibility index (Phi) is 5.59. The van der Waals surface area contributed by atoms with Gasteiger partial charge in [0, 0.05) is 67.2 Å². The maximum Gasteiger partial charge on any atom is 0.222 e. The molecule has 1 aliphatic carbocycles. The van der Waals surface area contributed by atoms with Gasteiger partial charge in [0.2, 0.25) is 5.91 Å². The number of methoxy groups -OCH3 is 1. The predicted molar refractivity (Wildman–Crippen MR) is 137 cm³/mol. The Labute approximate surface area is 211 Å². The average Bonchev–Trinajstić information content (AvgIpc) is 3.61. The lowest BCUT2D eigenvalue weighted by molar-refractivity contribution is -0.141. The molecule has 3 aromatic rings. The van der Waals surface area contributed by atoms with Gasteiger partial charge in [-0.1, -0.05) is 29.8 Å². The number of halogens is 1. The number of hydrogen-bond acceptors (Lipinski definition) is 4. The Morgan fingerprint density at radius 3 is 2.63 bits per heavy atom. The van der Waals surface area contributed by atoms with E-state index < -0.39 is 0 Å². The number of carbonyl (C=O) groups is 1. The monoisotopic (exact) mass is 493 g/mol. The standard InChI is InChI=1S/C28H32ClN3O3/c1-30-23-12-20(35-2)9-10-21(23)26-27(30)24(14-33)31(13-19-5-3-4-6-22(19)29)15-28(26)16-32(17-28)25(34)11-18-7-8-18/h3-6,9-10,12,18,24,33H,7-8,11,13-17H2,1-2H3/t24-/m0/s1. The Balaban J connectivity index is 1.44. The van der Waals surface area contributed by atoms with Gasteiger partial charge in [0.15, 0.2) is 0 Å². The number of hydrogen-bond donors (Lipinski definition) is 1. The summed E-state index contributed by atoms with van der Waals surface area (Å²) in [6.07, 6.45) is 3.05. The van der Waals surface area contributed by atoms with Gasteiger partial charge in [-0.25, -0.2) is 0 Å². The molecule has 1 atom stereocenters. The van der Waals surface area contributed by atoms with Crippen molar-refractivity contribution in [3.05, 3.63) is 64.3 Å². The fourth-order valence-corrected chi connectivity index (χ4v) is 6.49. The van der Waals surface area contributed by atoms with Crippen LogP contribution in [0.4, 0.5) is 0 Å². The van der Waals surface area contributed by atoms with Crippen LogP contribution in [0.25, 0.3) is 10.9 Å². The Morgan fingerprint density at radius 1 is 1.17 bits per heavy atom. The maximum absolute atomic E-state index is 12.9. The first kappa shape index (κ1) is 22.9. The molecule has 1 saturated carbocycles. The van der Waals surface area contributed by atoms with E-state index in [1.54, 1.807) is 7.11 Å². The molecular formula is C28H32ClN3O3. The topological polar surface area (TPSA) is 57.9 Å². The number of aliphatic hydroxyl groups is 1. The third-order valence-electron chi connectivity index (χ3n) is 8.25. The largest absolute Gasteiger partial charge is 0.497 e. The van der Waals surface area contributed by atoms with Crippen LogP contribution < -0.4 is 4.74 Å². The van der Waals surface area contributed by atoms with Gasteiger partial charge in [-0.2, -0.15) is 0 Å². The van der Waals surface area contributed by atoms with Gasteiger partial charge in [-0.15, -0.1) is 0 Å². The molecule has 0 bridgehead atoms. The third-order valence-corrected chi connectivity index (χ3v) is 8.62. The molecular weight excluding hydrogens is 462 g/mol. The highest BCUT2D eigenvalue weighted by Crippen LogP contribution is 2.50. The summed E-state index contributed by atoms with van der Waals surface area (Å²) in [4.78, 5) is 17.3. The van der Waals surface area contributed by atoms with Crippen molar-refractivity contribution in [2.75, 3.05) is 33.4 Å². The fraction of sp³-hybridized carbons (Fsp3) is 0.464. The van der Waals surface area contributed by atoms with Crippen LogP contribution in [0.3, 0.4) is 0 Å². The van der Waals surface area contributed by atoms with Crippen molar-refractivity contribution in [2.45, 2.75) is 37.3 Å². The number of likely N-dealkylation sites (tertiary alicyclic amines) is 1. The van der Waals surface area contributed by atoms with Crippen LogP contribution in [-0.4, -0.2) is 58.7 Å². The number of fused-ring (bicyclic) bond motifs is 4. The molecule has 6 nitrogen and oxygen atoms in total. The van der Waals surface area contributed by atoms with Gasteiger partial charge in [-0.05, 0) is 48.1 Å². The number of amides is 1. The minimum absolute atomic E-state index is 0.0130. The molecule has 2 fully saturated rings. The van der Waals surface area contributed by atoms with Gasteiger partial charge in [0.1, 0.15) is 5.75 Å². The lowest BCUT2D eigenvalue weighted by Gasteiger charge is -2.56. The van der Waals surface area contributed by atoms with Gasteiger partial charge in [0.25, 0.3) is 0 Å². The minimum atomic E-state index is -0.171. The smallest absolute Gasteiger partial charge is 0.222 e. The minimum Gasteiger partial charge on any atom is -0.497 e. The first-order valence-electron chi connectivity index (χ1n) is 12.5. The van der Waals surface area contributed by atoms with Crippen molar-refractivity contribution in [1.82, 2.24) is 14.4 Å². The van der Waals surface area contributed by atoms with E-state index in [2.05, 4.69) is 34.7 Å². The molecule has 3 aliphatic rings. The Hall–Kier alpha value is -2.54. The van der Waals surface area contributed by atoms with Crippen LogP contribution in [0.5, 0.6) is 5.75 Å². The molecule has 2 aliphatic heterocycles. The number of aryl methyl sites for hydroxylation is 1. The SMILES string of the molecule is COc1ccc2c3c(n(C)c2c1)[C@H](CO)N(Cc1ccccc1Cl)CC31CN(C(=O)CC2CC2)C1. The van der Waals surface area contributed by atoms with E-state index in [1.807, 2.05) is 29.2 Å². The van der Waals surface area contributed by atoms with Crippen LogP contribution in [0.1, 0.15) is 42.1 Å². The van der Waals surface area contributed by atoms with Gasteiger partial charge < -0.3 is 19.3 Å². The summed E-state index contributed by atoms with van der Waals surface area (Å²) in [7, 11) is 3.76. The number of rotatable bonds is 6. The summed E-state index contributed by atoms with van der Waals surface area (Å²) in [5.74, 6) is 1.68. The van der Waals surface area contributed by atoms with E-state index in [1.165, 1.54) is 23.8 Å². The second-order valence-corrected chi connectivity index (χ2v) is 11.0. The molecule has 1 N–H and O–H groups in total. The van der Waals surface area contributed by atoms with Crippen molar-refractivity contribution in [3.63, 3.8) is 0 Å². The highest BCUT2D eigenvalue weighted by molar-refractivity contribution is 6.31. The second-order valence-electron chi connectivity index (χ2n) is 10.6. The third kappa shape index (κ3) is 3.74. The molecule has 1 spiro atoms. The van der Waals surface area contributed by atoms with E-state index in [0.717, 1.165) is 34.1 Å². The van der Waals surface area contributed by atoms with Crippen molar-refractivity contribution >= 4 is 28.4 Å². The van der Waals surface area contributed by atoms with E-state index >= 15 is 0 Å². The molecule has 184 valence electrons. The van der Waals surface area contributed by atoms with Crippen LogP contribution in [0.15, 0.2) is 42.5 Å². The normalized spacial score (nSPS) is 21.3. The van der Waals surface area contributed by atoms with E-state index in [9.17, 15) is 9.90 Å². The fourth-order valence-electron chi connectivity index (χ4n) is 6.29. The average molecular weight is 494 g/mol. The van der Waals surface area contributed by atoms with E-state index in [-0.39, 0.29) is 24.0 Å². The molecule has 6 rings (SSSR count). The molecule has 2 aromatic carbocycles. The summed E-state index contributed by atoms with van der Waals surface area (Å²) >= 11 is 6.54. The van der Waals surface area contributed by atoms with Gasteiger partial charge >= 0.3 is 0 Å². The van der Waals surface area contributed by atoms with Gasteiger partial charge in [-0.3, -0.25) is 9.69 Å². The summed E-state index contributed by atoms with van der Waals surface area (Å²) in [6, 6.07) is 14.0. The number of aromatic nitrogens is 1. The maximum atomic E-state index is 12.9. The van der Waals surface area contributed by atoms with Crippen molar-refractivity contribution < 1.29 is 14.6 Å². The quantitative estimate of drug-likeness (QED) is 0.557. The van der Waals surface area contributed by atoms with Crippen molar-refractivity contribution in [2.24, 2.45) is 13.0 Å². The highest BCUT2D eigenvalue weighted by Gasteiger charge is 2.54. The molecule has 1 amide bonds. The number of nitrogens with zero attached hydrogens (tertiary/aromatic N) is 3. The molecule has 35 heavy (non-hydrogen) atoms. The molecule has 1 saturated heterocycles. The van der Waals surface area contributed by atoms with Crippen LogP contribution in [-0.2, 0) is 23.8 Å². The zero-order valence-corrected chi connectivity index (χ0v) is 21.1. The first-order chi connectivity index (χ1) is 16.9. The highest BCUT2D eigenvalue weighted by atomic mass is 35.5. The van der Waals surface area contributed by atoms with Crippen LogP contribution >= 0.6 is 11.6 Å². The summed E-state index contributed by atoms with van der Waals surface area (Å²) < 4.78 is 7.73. The molecule has 1 aromatic heterocycles. The lowest BCUT2D eigenvalue weighted by atomic mass is 9.68. The molecule has 3 heterocycles. The van der Waals surface area contributed by atoms with E-state index in [0.29, 0.717) is 32.0 Å². The molecule has 0 radical (unpaired) electrons. The first-order valence-corrected chi connectivity index (χ1v) is 12.8. The van der Waals surface area contributed by atoms with Crippen molar-refractivity contribution in [3.8, 4) is 5.75 Å². The van der Waals surface area contributed by atoms with Crippen molar-refractivity contribution in [1.29, 1.82) is 0 Å². The van der Waals surface area contributed by atoms with Gasteiger partial charge in [0.05, 0.1) is 25.3 Å². The van der Waals surface area contributed by atoms with Crippen LogP contribution in [0.2, 0.25) is 5.02 Å². The zero-order chi connectivity index (χ0) is 24.3. The Bertz CT molecular complexity index is 1290. The molecule has 0 unspecified atom stereocenters. The zero-order valence-electron chi connectivity index (χ0n) is 20.3.